The number of carboxylic acid groups (broad SMARTS) is 1. The minimum atomic E-state index is -1.12. The van der Waals surface area contributed by atoms with Gasteiger partial charge in [-0.15, -0.1) is 0 Å². The summed E-state index contributed by atoms with van der Waals surface area (Å²) < 4.78 is 0. The van der Waals surface area contributed by atoms with Crippen LogP contribution in [0.2, 0.25) is 0 Å². The highest BCUT2D eigenvalue weighted by molar-refractivity contribution is 5.73. The Morgan fingerprint density at radius 2 is 2.20 bits per heavy atom. The summed E-state index contributed by atoms with van der Waals surface area (Å²) in [6, 6.07) is -0.302. The average molecular weight is 216 g/mol. The number of carbonyl (C=O) groups is 2. The van der Waals surface area contributed by atoms with E-state index in [1.807, 2.05) is 5.48 Å². The van der Waals surface area contributed by atoms with Crippen LogP contribution in [0.5, 0.6) is 0 Å². The largest absolute Gasteiger partial charge is 0.479 e. The fraction of sp³-hybridized carbons (Fsp3) is 0.778. The van der Waals surface area contributed by atoms with Crippen LogP contribution in [0.4, 0.5) is 4.79 Å². The predicted octanol–water partition coefficient (Wildman–Crippen LogP) is 0.490. The van der Waals surface area contributed by atoms with Gasteiger partial charge in [-0.3, -0.25) is 4.84 Å². The zero-order chi connectivity index (χ0) is 11.3. The zero-order valence-corrected chi connectivity index (χ0v) is 8.66. The summed E-state index contributed by atoms with van der Waals surface area (Å²) in [5, 5.41) is 11.0. The van der Waals surface area contributed by atoms with Gasteiger partial charge in [0.05, 0.1) is 0 Å². The van der Waals surface area contributed by atoms with E-state index in [9.17, 15) is 9.59 Å². The Morgan fingerprint density at radius 3 is 2.73 bits per heavy atom. The molecule has 0 saturated heterocycles. The summed E-state index contributed by atoms with van der Waals surface area (Å²) >= 11 is 0. The van der Waals surface area contributed by atoms with Crippen LogP contribution in [0, 0.1) is 5.92 Å². The second-order valence-electron chi connectivity index (χ2n) is 3.87. The molecule has 0 bridgehead atoms. The Morgan fingerprint density at radius 1 is 1.47 bits per heavy atom. The molecular weight excluding hydrogens is 200 g/mol. The first-order valence-electron chi connectivity index (χ1n) is 4.98. The Balaban J connectivity index is 2.10. The molecule has 6 nitrogen and oxygen atoms in total. The van der Waals surface area contributed by atoms with Crippen LogP contribution in [0.1, 0.15) is 26.2 Å². The maximum absolute atomic E-state index is 11.1. The Bertz CT molecular complexity index is 244. The van der Waals surface area contributed by atoms with E-state index in [1.54, 1.807) is 0 Å². The van der Waals surface area contributed by atoms with Crippen molar-refractivity contribution in [2.75, 3.05) is 6.61 Å². The highest BCUT2D eigenvalue weighted by Crippen LogP contribution is 2.24. The van der Waals surface area contributed by atoms with Gasteiger partial charge in [-0.25, -0.2) is 15.1 Å². The maximum atomic E-state index is 11.1. The van der Waals surface area contributed by atoms with Crippen molar-refractivity contribution in [3.8, 4) is 0 Å². The molecule has 1 fully saturated rings. The Labute approximate surface area is 87.9 Å². The number of hydrogen-bond acceptors (Lipinski definition) is 3. The van der Waals surface area contributed by atoms with E-state index in [-0.39, 0.29) is 6.04 Å². The van der Waals surface area contributed by atoms with Gasteiger partial charge in [-0.05, 0) is 25.2 Å². The molecule has 0 aliphatic heterocycles. The fourth-order valence-electron chi connectivity index (χ4n) is 1.72. The van der Waals surface area contributed by atoms with Crippen molar-refractivity contribution in [2.45, 2.75) is 32.2 Å². The van der Waals surface area contributed by atoms with Crippen LogP contribution >= 0.6 is 0 Å². The van der Waals surface area contributed by atoms with Gasteiger partial charge in [-0.2, -0.15) is 0 Å². The lowest BCUT2D eigenvalue weighted by molar-refractivity contribution is -0.144. The molecule has 3 N–H and O–H groups in total. The molecule has 2 unspecified atom stereocenters. The van der Waals surface area contributed by atoms with Crippen molar-refractivity contribution in [1.82, 2.24) is 10.8 Å². The molecule has 2 atom stereocenters. The third-order valence-electron chi connectivity index (χ3n) is 2.39. The molecule has 15 heavy (non-hydrogen) atoms. The molecule has 1 saturated carbocycles. The molecule has 0 aromatic carbocycles. The molecule has 0 spiro atoms. The van der Waals surface area contributed by atoms with Crippen molar-refractivity contribution < 1.29 is 19.5 Å². The summed E-state index contributed by atoms with van der Waals surface area (Å²) in [4.78, 5) is 25.7. The third kappa shape index (κ3) is 4.64. The van der Waals surface area contributed by atoms with Gasteiger partial charge < -0.3 is 10.4 Å². The molecule has 0 radical (unpaired) electrons. The Hall–Kier alpha value is -1.30. The molecule has 0 aromatic heterocycles. The maximum Gasteiger partial charge on any atom is 0.338 e. The first kappa shape index (κ1) is 11.8. The first-order chi connectivity index (χ1) is 7.08. The number of aliphatic carboxylic acids is 1. The van der Waals surface area contributed by atoms with Gasteiger partial charge in [0.2, 0.25) is 0 Å². The SMILES string of the molecule is CC1CCC(NC(=O)NOCC(=O)O)C1. The van der Waals surface area contributed by atoms with Crippen LogP contribution in [0.3, 0.4) is 0 Å². The van der Waals surface area contributed by atoms with Crippen molar-refractivity contribution in [3.63, 3.8) is 0 Å². The Kier molecular flexibility index (Phi) is 4.36. The average Bonchev–Trinajstić information content (AvgIpc) is 2.50. The second kappa shape index (κ2) is 5.55. The number of hydrogen-bond donors (Lipinski definition) is 3. The number of nitrogens with one attached hydrogen (secondary N) is 2. The minimum Gasteiger partial charge on any atom is -0.479 e. The number of urea groups is 1. The van der Waals surface area contributed by atoms with E-state index in [4.69, 9.17) is 5.11 Å². The van der Waals surface area contributed by atoms with Gasteiger partial charge in [0.15, 0.2) is 6.61 Å². The summed E-state index contributed by atoms with van der Waals surface area (Å²) in [6.45, 7) is 1.61. The predicted molar refractivity (Wildman–Crippen MR) is 52.1 cm³/mol. The van der Waals surface area contributed by atoms with Gasteiger partial charge in [0.1, 0.15) is 0 Å². The van der Waals surface area contributed by atoms with Crippen molar-refractivity contribution in [1.29, 1.82) is 0 Å². The van der Waals surface area contributed by atoms with Gasteiger partial charge in [-0.1, -0.05) is 6.92 Å². The van der Waals surface area contributed by atoms with Gasteiger partial charge in [0, 0.05) is 6.04 Å². The minimum absolute atomic E-state index is 0.174. The molecule has 0 aromatic rings. The lowest BCUT2D eigenvalue weighted by Gasteiger charge is -2.12. The quantitative estimate of drug-likeness (QED) is 0.597. The van der Waals surface area contributed by atoms with Crippen LogP contribution in [-0.2, 0) is 9.63 Å². The van der Waals surface area contributed by atoms with E-state index in [0.717, 1.165) is 19.3 Å². The molecule has 1 rings (SSSR count). The topological polar surface area (TPSA) is 87.7 Å². The lowest BCUT2D eigenvalue weighted by Crippen LogP contribution is -2.41. The van der Waals surface area contributed by atoms with Gasteiger partial charge in [0.25, 0.3) is 0 Å². The summed E-state index contributed by atoms with van der Waals surface area (Å²) in [6.07, 6.45) is 3.04. The molecule has 0 heterocycles. The molecule has 1 aliphatic rings. The monoisotopic (exact) mass is 216 g/mol. The standard InChI is InChI=1S/C9H16N2O4/c1-6-2-3-7(4-6)10-9(14)11-15-5-8(12)13/h6-7H,2-5H2,1H3,(H,12,13)(H2,10,11,14). The van der Waals surface area contributed by atoms with Gasteiger partial charge >= 0.3 is 12.0 Å². The number of hydroxylamine groups is 1. The van der Waals surface area contributed by atoms with Crippen molar-refractivity contribution >= 4 is 12.0 Å². The number of amides is 2. The van der Waals surface area contributed by atoms with Crippen LogP contribution in [0.25, 0.3) is 0 Å². The summed E-state index contributed by atoms with van der Waals surface area (Å²) in [7, 11) is 0. The number of carboxylic acids is 1. The highest BCUT2D eigenvalue weighted by Gasteiger charge is 2.22. The first-order valence-corrected chi connectivity index (χ1v) is 4.98. The van der Waals surface area contributed by atoms with Crippen LogP contribution < -0.4 is 10.8 Å². The zero-order valence-electron chi connectivity index (χ0n) is 8.66. The fourth-order valence-corrected chi connectivity index (χ4v) is 1.72. The smallest absolute Gasteiger partial charge is 0.338 e. The van der Waals surface area contributed by atoms with E-state index in [0.29, 0.717) is 5.92 Å². The molecule has 2 amide bonds. The van der Waals surface area contributed by atoms with E-state index in [2.05, 4.69) is 17.1 Å². The normalized spacial score (nSPS) is 24.9. The third-order valence-corrected chi connectivity index (χ3v) is 2.39. The van der Waals surface area contributed by atoms with Crippen molar-refractivity contribution in [3.05, 3.63) is 0 Å². The van der Waals surface area contributed by atoms with Crippen LogP contribution in [0.15, 0.2) is 0 Å². The van der Waals surface area contributed by atoms with E-state index >= 15 is 0 Å². The van der Waals surface area contributed by atoms with Crippen LogP contribution in [-0.4, -0.2) is 29.8 Å². The number of rotatable bonds is 4. The number of carbonyl (C=O) groups excluding carboxylic acids is 1. The summed E-state index contributed by atoms with van der Waals surface area (Å²) in [5.41, 5.74) is 2.02. The highest BCUT2D eigenvalue weighted by atomic mass is 16.7. The molecule has 6 heteroatoms. The molecular formula is C9H16N2O4. The van der Waals surface area contributed by atoms with E-state index < -0.39 is 18.6 Å². The van der Waals surface area contributed by atoms with E-state index in [1.165, 1.54) is 0 Å². The lowest BCUT2D eigenvalue weighted by atomic mass is 10.1. The second-order valence-corrected chi connectivity index (χ2v) is 3.87. The summed E-state index contributed by atoms with van der Waals surface area (Å²) in [5.74, 6) is -0.486. The molecule has 86 valence electrons. The van der Waals surface area contributed by atoms with Crippen molar-refractivity contribution in [2.24, 2.45) is 5.92 Å². The molecule has 1 aliphatic carbocycles.